The van der Waals surface area contributed by atoms with Crippen LogP contribution in [0.4, 0.5) is 0 Å². The zero-order valence-electron chi connectivity index (χ0n) is 15.4. The van der Waals surface area contributed by atoms with Gasteiger partial charge >= 0.3 is 5.97 Å². The van der Waals surface area contributed by atoms with Gasteiger partial charge in [-0.1, -0.05) is 12.1 Å². The zero-order valence-corrected chi connectivity index (χ0v) is 15.4. The average Bonchev–Trinajstić information content (AvgIpc) is 2.99. The molecule has 5 nitrogen and oxygen atoms in total. The van der Waals surface area contributed by atoms with Crippen LogP contribution in [0.2, 0.25) is 0 Å². The number of rotatable bonds is 7. The summed E-state index contributed by atoms with van der Waals surface area (Å²) in [7, 11) is 1.61. The first kappa shape index (κ1) is 18.1. The Kier molecular flexibility index (Phi) is 5.66. The molecule has 0 spiro atoms. The molecular formula is C21H24O5. The van der Waals surface area contributed by atoms with Crippen LogP contribution >= 0.6 is 0 Å². The molecule has 0 aliphatic carbocycles. The van der Waals surface area contributed by atoms with Gasteiger partial charge in [0.2, 0.25) is 0 Å². The Morgan fingerprint density at radius 2 is 2.00 bits per heavy atom. The Hall–Kier alpha value is -2.69. The van der Waals surface area contributed by atoms with Crippen molar-refractivity contribution in [2.45, 2.75) is 39.4 Å². The highest BCUT2D eigenvalue weighted by Crippen LogP contribution is 2.35. The Balaban J connectivity index is 1.64. The Morgan fingerprint density at radius 1 is 1.23 bits per heavy atom. The molecule has 2 aromatic carbocycles. The Morgan fingerprint density at radius 3 is 2.69 bits per heavy atom. The highest BCUT2D eigenvalue weighted by atomic mass is 16.5. The van der Waals surface area contributed by atoms with Gasteiger partial charge in [-0.05, 0) is 43.7 Å². The van der Waals surface area contributed by atoms with Gasteiger partial charge in [-0.2, -0.15) is 0 Å². The summed E-state index contributed by atoms with van der Waals surface area (Å²) in [5, 5.41) is 0. The van der Waals surface area contributed by atoms with E-state index in [4.69, 9.17) is 18.9 Å². The van der Waals surface area contributed by atoms with Crippen molar-refractivity contribution in [3.05, 3.63) is 53.1 Å². The predicted molar refractivity (Wildman–Crippen MR) is 97.9 cm³/mol. The predicted octanol–water partition coefficient (Wildman–Crippen LogP) is 3.70. The molecule has 0 saturated carbocycles. The van der Waals surface area contributed by atoms with Gasteiger partial charge in [0.25, 0.3) is 0 Å². The topological polar surface area (TPSA) is 54.0 Å². The maximum absolute atomic E-state index is 12.2. The van der Waals surface area contributed by atoms with Gasteiger partial charge < -0.3 is 18.9 Å². The van der Waals surface area contributed by atoms with Crippen LogP contribution in [0.5, 0.6) is 17.2 Å². The molecule has 0 radical (unpaired) electrons. The molecule has 1 unspecified atom stereocenters. The van der Waals surface area contributed by atoms with Gasteiger partial charge in [0.15, 0.2) is 0 Å². The van der Waals surface area contributed by atoms with E-state index in [2.05, 4.69) is 0 Å². The second-order valence-electron chi connectivity index (χ2n) is 6.32. The van der Waals surface area contributed by atoms with Crippen LogP contribution in [-0.4, -0.2) is 25.8 Å². The zero-order chi connectivity index (χ0) is 18.5. The van der Waals surface area contributed by atoms with Crippen molar-refractivity contribution in [1.82, 2.24) is 0 Å². The smallest absolute Gasteiger partial charge is 0.310 e. The minimum Gasteiger partial charge on any atom is -0.497 e. The summed E-state index contributed by atoms with van der Waals surface area (Å²) < 4.78 is 22.1. The fraction of sp³-hybridized carbons (Fsp3) is 0.381. The van der Waals surface area contributed by atoms with Gasteiger partial charge in [0, 0.05) is 17.5 Å². The van der Waals surface area contributed by atoms with Crippen LogP contribution in [0.1, 0.15) is 30.5 Å². The summed E-state index contributed by atoms with van der Waals surface area (Å²) in [6.07, 6.45) is 1.24. The number of fused-ring (bicyclic) bond motifs is 1. The molecule has 0 aromatic heterocycles. The normalized spacial score (nSPS) is 15.1. The first-order valence-electron chi connectivity index (χ1n) is 8.82. The number of hydrogen-bond donors (Lipinski definition) is 0. The highest BCUT2D eigenvalue weighted by molar-refractivity contribution is 5.72. The van der Waals surface area contributed by atoms with Crippen LogP contribution < -0.4 is 14.2 Å². The van der Waals surface area contributed by atoms with Gasteiger partial charge in [0.05, 0.1) is 20.1 Å². The van der Waals surface area contributed by atoms with Crippen LogP contribution in [0.15, 0.2) is 36.4 Å². The molecule has 0 saturated heterocycles. The van der Waals surface area contributed by atoms with E-state index in [1.54, 1.807) is 7.11 Å². The lowest BCUT2D eigenvalue weighted by Crippen LogP contribution is -2.09. The molecular weight excluding hydrogens is 332 g/mol. The Labute approximate surface area is 153 Å². The van der Waals surface area contributed by atoms with Crippen molar-refractivity contribution in [2.24, 2.45) is 0 Å². The first-order chi connectivity index (χ1) is 12.6. The third-order valence-corrected chi connectivity index (χ3v) is 4.28. The summed E-state index contributed by atoms with van der Waals surface area (Å²) >= 11 is 0. The van der Waals surface area contributed by atoms with Crippen molar-refractivity contribution in [1.29, 1.82) is 0 Å². The average molecular weight is 356 g/mol. The van der Waals surface area contributed by atoms with Crippen molar-refractivity contribution in [3.8, 4) is 17.2 Å². The lowest BCUT2D eigenvalue weighted by Gasteiger charge is -2.13. The number of ether oxygens (including phenoxy) is 4. The number of carbonyl (C=O) groups is 1. The van der Waals surface area contributed by atoms with Crippen molar-refractivity contribution < 1.29 is 23.7 Å². The minimum atomic E-state index is -0.285. The van der Waals surface area contributed by atoms with E-state index in [9.17, 15) is 4.79 Å². The van der Waals surface area contributed by atoms with Crippen molar-refractivity contribution in [3.63, 3.8) is 0 Å². The molecule has 0 amide bonds. The maximum Gasteiger partial charge on any atom is 0.310 e. The van der Waals surface area contributed by atoms with E-state index < -0.39 is 0 Å². The number of carbonyl (C=O) groups excluding carboxylic acids is 1. The molecule has 5 heteroatoms. The fourth-order valence-electron chi connectivity index (χ4n) is 3.00. The van der Waals surface area contributed by atoms with Crippen LogP contribution in [0.3, 0.4) is 0 Å². The monoisotopic (exact) mass is 356 g/mol. The van der Waals surface area contributed by atoms with Gasteiger partial charge in [-0.3, -0.25) is 4.79 Å². The molecule has 1 aliphatic rings. The third-order valence-electron chi connectivity index (χ3n) is 4.28. The van der Waals surface area contributed by atoms with Crippen LogP contribution in [-0.2, 0) is 29.0 Å². The van der Waals surface area contributed by atoms with Gasteiger partial charge in [-0.15, -0.1) is 0 Å². The maximum atomic E-state index is 12.2. The minimum absolute atomic E-state index is 0.160. The largest absolute Gasteiger partial charge is 0.497 e. The molecule has 0 bridgehead atoms. The summed E-state index contributed by atoms with van der Waals surface area (Å²) in [4.78, 5) is 12.2. The van der Waals surface area contributed by atoms with Crippen LogP contribution in [0, 0.1) is 0 Å². The van der Waals surface area contributed by atoms with E-state index in [1.165, 1.54) is 0 Å². The quantitative estimate of drug-likeness (QED) is 0.708. The molecule has 2 aromatic rings. The standard InChI is InChI=1S/C21H24O5/c1-4-24-19-11-16-9-14(2)26-20(16)12-17(19)13-25-21(22)10-15-5-7-18(23-3)8-6-15/h5-8,11-12,14H,4,9-10,13H2,1-3H3. The van der Waals surface area contributed by atoms with Crippen LogP contribution in [0.25, 0.3) is 0 Å². The second kappa shape index (κ2) is 8.13. The van der Waals surface area contributed by atoms with E-state index in [1.807, 2.05) is 50.2 Å². The van der Waals surface area contributed by atoms with Gasteiger partial charge in [-0.25, -0.2) is 0 Å². The SMILES string of the molecule is CCOc1cc2c(cc1COC(=O)Cc1ccc(OC)cc1)OC(C)C2. The molecule has 26 heavy (non-hydrogen) atoms. The molecule has 3 rings (SSSR count). The molecule has 1 heterocycles. The first-order valence-corrected chi connectivity index (χ1v) is 8.82. The molecule has 1 atom stereocenters. The Bertz CT molecular complexity index is 767. The molecule has 1 aliphatic heterocycles. The third kappa shape index (κ3) is 4.28. The van der Waals surface area contributed by atoms with Gasteiger partial charge in [0.1, 0.15) is 30.0 Å². The number of hydrogen-bond acceptors (Lipinski definition) is 5. The molecule has 0 fully saturated rings. The summed E-state index contributed by atoms with van der Waals surface area (Å²) in [6.45, 7) is 4.69. The van der Waals surface area contributed by atoms with E-state index in [0.717, 1.165) is 40.4 Å². The van der Waals surface area contributed by atoms with Crippen molar-refractivity contribution in [2.75, 3.05) is 13.7 Å². The van der Waals surface area contributed by atoms with Crippen molar-refractivity contribution >= 4 is 5.97 Å². The summed E-state index contributed by atoms with van der Waals surface area (Å²) in [5.74, 6) is 2.08. The number of benzene rings is 2. The van der Waals surface area contributed by atoms with E-state index in [0.29, 0.717) is 6.61 Å². The lowest BCUT2D eigenvalue weighted by molar-refractivity contribution is -0.144. The summed E-state index contributed by atoms with van der Waals surface area (Å²) in [6, 6.07) is 11.3. The molecule has 0 N–H and O–H groups in total. The molecule has 138 valence electrons. The number of methoxy groups -OCH3 is 1. The second-order valence-corrected chi connectivity index (χ2v) is 6.32. The number of esters is 1. The summed E-state index contributed by atoms with van der Waals surface area (Å²) in [5.41, 5.74) is 2.84. The lowest BCUT2D eigenvalue weighted by atomic mass is 10.1. The van der Waals surface area contributed by atoms with E-state index >= 15 is 0 Å². The fourth-order valence-corrected chi connectivity index (χ4v) is 3.00. The highest BCUT2D eigenvalue weighted by Gasteiger charge is 2.22. The van der Waals surface area contributed by atoms with E-state index in [-0.39, 0.29) is 25.1 Å².